The highest BCUT2D eigenvalue weighted by Crippen LogP contribution is 2.33. The number of nitrogens with one attached hydrogen (secondary N) is 2. The van der Waals surface area contributed by atoms with Crippen LogP contribution < -0.4 is 10.6 Å². The third-order valence-electron chi connectivity index (χ3n) is 3.19. The van der Waals surface area contributed by atoms with Crippen LogP contribution in [0.25, 0.3) is 0 Å². The molecule has 1 atom stereocenters. The lowest BCUT2D eigenvalue weighted by molar-refractivity contribution is -0.137. The van der Waals surface area contributed by atoms with Crippen LogP contribution in [0.2, 0.25) is 0 Å². The molecule has 8 heteroatoms. The number of aliphatic hydroxyl groups excluding tert-OH is 1. The number of benzene rings is 1. The van der Waals surface area contributed by atoms with Gasteiger partial charge in [-0.05, 0) is 17.7 Å². The Morgan fingerprint density at radius 3 is 2.50 bits per heavy atom. The Bertz CT molecular complexity index is 678. The molecule has 0 aliphatic rings. The van der Waals surface area contributed by atoms with Crippen molar-refractivity contribution in [3.8, 4) is 0 Å². The van der Waals surface area contributed by atoms with Crippen molar-refractivity contribution in [2.75, 3.05) is 18.4 Å². The van der Waals surface area contributed by atoms with Crippen molar-refractivity contribution in [3.63, 3.8) is 0 Å². The zero-order chi connectivity index (χ0) is 17.6. The number of carbonyl (C=O) groups excluding carboxylic acids is 1. The number of amides is 1. The molecule has 0 fully saturated rings. The van der Waals surface area contributed by atoms with Crippen LogP contribution in [0.15, 0.2) is 48.7 Å². The Hall–Kier alpha value is -2.61. The predicted octanol–water partition coefficient (Wildman–Crippen LogP) is 2.36. The molecule has 3 N–H and O–H groups in total. The zero-order valence-electron chi connectivity index (χ0n) is 12.5. The van der Waals surface area contributed by atoms with Crippen molar-refractivity contribution in [3.05, 3.63) is 59.8 Å². The second kappa shape index (κ2) is 7.78. The number of pyridine rings is 1. The summed E-state index contributed by atoms with van der Waals surface area (Å²) in [5, 5.41) is 14.8. The second-order valence-corrected chi connectivity index (χ2v) is 4.93. The van der Waals surface area contributed by atoms with Crippen molar-refractivity contribution in [2.24, 2.45) is 0 Å². The Labute approximate surface area is 136 Å². The molecule has 0 aliphatic carbocycles. The number of halogens is 3. The first-order valence-electron chi connectivity index (χ1n) is 7.16. The molecule has 5 nitrogen and oxygen atoms in total. The van der Waals surface area contributed by atoms with E-state index in [-0.39, 0.29) is 18.9 Å². The highest BCUT2D eigenvalue weighted by atomic mass is 19.4. The lowest BCUT2D eigenvalue weighted by atomic mass is 10.1. The average molecular weight is 339 g/mol. The van der Waals surface area contributed by atoms with Crippen LogP contribution in [-0.2, 0) is 11.0 Å². The summed E-state index contributed by atoms with van der Waals surface area (Å²) < 4.78 is 38.4. The van der Waals surface area contributed by atoms with Crippen LogP contribution in [0.1, 0.15) is 17.2 Å². The number of hydrogen-bond acceptors (Lipinski definition) is 4. The zero-order valence-corrected chi connectivity index (χ0v) is 12.5. The Kier molecular flexibility index (Phi) is 5.75. The first-order chi connectivity index (χ1) is 11.4. The first-order valence-corrected chi connectivity index (χ1v) is 7.16. The molecule has 0 radical (unpaired) electrons. The Morgan fingerprint density at radius 2 is 1.83 bits per heavy atom. The minimum Gasteiger partial charge on any atom is -0.378 e. The van der Waals surface area contributed by atoms with E-state index in [0.717, 1.165) is 6.07 Å². The summed E-state index contributed by atoms with van der Waals surface area (Å²) in [6.07, 6.45) is -4.59. The van der Waals surface area contributed by atoms with Gasteiger partial charge in [0.05, 0.1) is 5.56 Å². The van der Waals surface area contributed by atoms with E-state index in [1.54, 1.807) is 30.3 Å². The van der Waals surface area contributed by atoms with Crippen LogP contribution >= 0.6 is 0 Å². The lowest BCUT2D eigenvalue weighted by Crippen LogP contribution is -2.33. The number of anilines is 1. The fourth-order valence-corrected chi connectivity index (χ4v) is 2.02. The molecule has 0 bridgehead atoms. The number of nitrogens with zero attached hydrogens (tertiary/aromatic N) is 1. The molecule has 0 saturated carbocycles. The summed E-state index contributed by atoms with van der Waals surface area (Å²) in [6, 6.07) is 10.5. The normalized spacial score (nSPS) is 12.5. The van der Waals surface area contributed by atoms with Crippen LogP contribution in [0.3, 0.4) is 0 Å². The van der Waals surface area contributed by atoms with E-state index in [4.69, 9.17) is 0 Å². The lowest BCUT2D eigenvalue weighted by Gasteiger charge is -2.14. The molecule has 128 valence electrons. The van der Waals surface area contributed by atoms with Gasteiger partial charge in [-0.1, -0.05) is 30.3 Å². The SMILES string of the molecule is O=C(NCCNc1ncccc1C(F)(F)F)C(O)c1ccccc1. The van der Waals surface area contributed by atoms with Gasteiger partial charge in [-0.25, -0.2) is 4.98 Å². The number of alkyl halides is 3. The second-order valence-electron chi connectivity index (χ2n) is 4.93. The van der Waals surface area contributed by atoms with Crippen LogP contribution in [-0.4, -0.2) is 29.1 Å². The van der Waals surface area contributed by atoms with Gasteiger partial charge in [-0.3, -0.25) is 4.79 Å². The molecular formula is C16H16F3N3O2. The van der Waals surface area contributed by atoms with Crippen molar-refractivity contribution >= 4 is 11.7 Å². The molecule has 0 spiro atoms. The van der Waals surface area contributed by atoms with E-state index >= 15 is 0 Å². The summed E-state index contributed by atoms with van der Waals surface area (Å²) in [5.41, 5.74) is -0.437. The maximum Gasteiger partial charge on any atom is 0.419 e. The van der Waals surface area contributed by atoms with Gasteiger partial charge in [0, 0.05) is 19.3 Å². The maximum absolute atomic E-state index is 12.8. The van der Waals surface area contributed by atoms with Crippen LogP contribution in [0.4, 0.5) is 19.0 Å². The van der Waals surface area contributed by atoms with E-state index in [1.165, 1.54) is 12.3 Å². The quantitative estimate of drug-likeness (QED) is 0.707. The van der Waals surface area contributed by atoms with Gasteiger partial charge in [0.15, 0.2) is 6.10 Å². The molecular weight excluding hydrogens is 323 g/mol. The first kappa shape index (κ1) is 17.7. The standard InChI is InChI=1S/C16H16F3N3O2/c17-16(18,19)12-7-4-8-20-14(12)21-9-10-22-15(24)13(23)11-5-2-1-3-6-11/h1-8,13,23H,9-10H2,(H,20,21)(H,22,24). The predicted molar refractivity (Wildman–Crippen MR) is 82.1 cm³/mol. The van der Waals surface area contributed by atoms with Gasteiger partial charge in [0.25, 0.3) is 5.91 Å². The fourth-order valence-electron chi connectivity index (χ4n) is 2.02. The van der Waals surface area contributed by atoms with E-state index in [9.17, 15) is 23.1 Å². The van der Waals surface area contributed by atoms with Gasteiger partial charge in [-0.2, -0.15) is 13.2 Å². The van der Waals surface area contributed by atoms with Gasteiger partial charge in [-0.15, -0.1) is 0 Å². The fraction of sp³-hybridized carbons (Fsp3) is 0.250. The molecule has 2 aromatic rings. The van der Waals surface area contributed by atoms with Gasteiger partial charge >= 0.3 is 6.18 Å². The van der Waals surface area contributed by atoms with Crippen molar-refractivity contribution < 1.29 is 23.1 Å². The van der Waals surface area contributed by atoms with Gasteiger partial charge in [0.1, 0.15) is 5.82 Å². The molecule has 0 saturated heterocycles. The molecule has 1 unspecified atom stereocenters. The molecule has 1 aromatic heterocycles. The Balaban J connectivity index is 1.84. The van der Waals surface area contributed by atoms with E-state index in [1.807, 2.05) is 0 Å². The number of hydrogen-bond donors (Lipinski definition) is 3. The molecule has 1 amide bonds. The highest BCUT2D eigenvalue weighted by Gasteiger charge is 2.33. The molecule has 1 heterocycles. The van der Waals surface area contributed by atoms with E-state index in [2.05, 4.69) is 15.6 Å². The number of aromatic nitrogens is 1. The third kappa shape index (κ3) is 4.69. The van der Waals surface area contributed by atoms with Crippen LogP contribution in [0.5, 0.6) is 0 Å². The molecule has 0 aliphatic heterocycles. The van der Waals surface area contributed by atoms with Crippen molar-refractivity contribution in [1.29, 1.82) is 0 Å². The maximum atomic E-state index is 12.8. The minimum absolute atomic E-state index is 0.0351. The number of aliphatic hydroxyl groups is 1. The number of rotatable bonds is 6. The van der Waals surface area contributed by atoms with Gasteiger partial charge < -0.3 is 15.7 Å². The highest BCUT2D eigenvalue weighted by molar-refractivity contribution is 5.81. The summed E-state index contributed by atoms with van der Waals surface area (Å²) >= 11 is 0. The summed E-state index contributed by atoms with van der Waals surface area (Å²) in [6.45, 7) is 0.0734. The van der Waals surface area contributed by atoms with E-state index < -0.39 is 23.8 Å². The summed E-state index contributed by atoms with van der Waals surface area (Å²) in [5.74, 6) is -0.928. The summed E-state index contributed by atoms with van der Waals surface area (Å²) in [4.78, 5) is 15.4. The Morgan fingerprint density at radius 1 is 1.12 bits per heavy atom. The number of carbonyl (C=O) groups is 1. The average Bonchev–Trinajstić information content (AvgIpc) is 2.58. The smallest absolute Gasteiger partial charge is 0.378 e. The molecule has 2 rings (SSSR count). The van der Waals surface area contributed by atoms with E-state index in [0.29, 0.717) is 5.56 Å². The van der Waals surface area contributed by atoms with Crippen molar-refractivity contribution in [1.82, 2.24) is 10.3 Å². The molecule has 24 heavy (non-hydrogen) atoms. The van der Waals surface area contributed by atoms with Crippen molar-refractivity contribution in [2.45, 2.75) is 12.3 Å². The van der Waals surface area contributed by atoms with Crippen LogP contribution in [0, 0.1) is 0 Å². The minimum atomic E-state index is -4.51. The molecule has 1 aromatic carbocycles. The summed E-state index contributed by atoms with van der Waals surface area (Å²) in [7, 11) is 0. The monoisotopic (exact) mass is 339 g/mol. The third-order valence-corrected chi connectivity index (χ3v) is 3.19. The largest absolute Gasteiger partial charge is 0.419 e. The topological polar surface area (TPSA) is 74.2 Å². The van der Waals surface area contributed by atoms with Gasteiger partial charge in [0.2, 0.25) is 0 Å².